The summed E-state index contributed by atoms with van der Waals surface area (Å²) in [6.07, 6.45) is 1.10. The lowest BCUT2D eigenvalue weighted by Crippen LogP contribution is -2.09. The molecule has 0 saturated carbocycles. The molecule has 0 fully saturated rings. The number of aromatic hydroxyl groups is 1. The highest BCUT2D eigenvalue weighted by Gasteiger charge is 2.02. The molecule has 0 aliphatic heterocycles. The molecule has 1 aromatic heterocycles. The first-order valence-electron chi connectivity index (χ1n) is 3.07. The largest absolute Gasteiger partial charge is 0.492 e. The minimum absolute atomic E-state index is 0.0573. The van der Waals surface area contributed by atoms with Gasteiger partial charge in [0.25, 0.3) is 5.56 Å². The lowest BCUT2D eigenvalue weighted by molar-refractivity contribution is 0.449. The van der Waals surface area contributed by atoms with Gasteiger partial charge >= 0.3 is 0 Å². The molecule has 5 heteroatoms. The van der Waals surface area contributed by atoms with E-state index in [0.717, 1.165) is 6.33 Å². The summed E-state index contributed by atoms with van der Waals surface area (Å²) in [5.41, 5.74) is -0.529. The highest BCUT2D eigenvalue weighted by molar-refractivity contribution is 6.19. The van der Waals surface area contributed by atoms with Crippen molar-refractivity contribution in [3.05, 3.63) is 22.2 Å². The van der Waals surface area contributed by atoms with Crippen LogP contribution in [0.1, 0.15) is 5.56 Å². The minimum Gasteiger partial charge on any atom is -0.492 e. The molecule has 0 radical (unpaired) electrons. The van der Waals surface area contributed by atoms with Crippen LogP contribution in [0.2, 0.25) is 0 Å². The molecule has 0 amide bonds. The van der Waals surface area contributed by atoms with Crippen molar-refractivity contribution in [2.24, 2.45) is 0 Å². The van der Waals surface area contributed by atoms with E-state index in [2.05, 4.69) is 21.8 Å². The van der Waals surface area contributed by atoms with E-state index in [1.165, 1.54) is 0 Å². The van der Waals surface area contributed by atoms with Crippen molar-refractivity contribution in [3.8, 4) is 17.7 Å². The molecule has 0 atom stereocenters. The Morgan fingerprint density at radius 1 is 1.75 bits per heavy atom. The van der Waals surface area contributed by atoms with E-state index < -0.39 is 5.56 Å². The number of hydrogen-bond acceptors (Lipinski definition) is 3. The summed E-state index contributed by atoms with van der Waals surface area (Å²) in [5, 5.41) is 9.04. The summed E-state index contributed by atoms with van der Waals surface area (Å²) in [6.45, 7) is 0. The normalized spacial score (nSPS) is 8.75. The summed E-state index contributed by atoms with van der Waals surface area (Å²) in [4.78, 5) is 16.7. The van der Waals surface area contributed by atoms with Gasteiger partial charge in [-0.2, -0.15) is 0 Å². The van der Waals surface area contributed by atoms with Gasteiger partial charge in [-0.1, -0.05) is 11.8 Å². The third kappa shape index (κ3) is 1.77. The molecular formula is C7H5ClN2O2. The molecule has 0 spiro atoms. The smallest absolute Gasteiger partial charge is 0.270 e. The van der Waals surface area contributed by atoms with Gasteiger partial charge in [-0.15, -0.1) is 11.6 Å². The van der Waals surface area contributed by atoms with Crippen LogP contribution in [-0.2, 0) is 0 Å². The lowest BCUT2D eigenvalue weighted by Gasteiger charge is -1.90. The molecule has 62 valence electrons. The third-order valence-corrected chi connectivity index (χ3v) is 1.25. The first kappa shape index (κ1) is 8.62. The van der Waals surface area contributed by atoms with Gasteiger partial charge in [0.1, 0.15) is 0 Å². The van der Waals surface area contributed by atoms with Crippen LogP contribution >= 0.6 is 11.6 Å². The number of nitrogens with zero attached hydrogens (tertiary/aromatic N) is 1. The van der Waals surface area contributed by atoms with Crippen LogP contribution in [0.25, 0.3) is 0 Å². The highest BCUT2D eigenvalue weighted by atomic mass is 35.5. The van der Waals surface area contributed by atoms with Crippen LogP contribution in [0.3, 0.4) is 0 Å². The molecule has 1 aromatic rings. The molecule has 0 saturated heterocycles. The second-order valence-corrected chi connectivity index (χ2v) is 2.13. The molecule has 0 bridgehead atoms. The molecule has 4 nitrogen and oxygen atoms in total. The van der Waals surface area contributed by atoms with Crippen LogP contribution in [0.5, 0.6) is 5.88 Å². The van der Waals surface area contributed by atoms with E-state index in [1.54, 1.807) is 0 Å². The standard InChI is InChI=1S/C7H5ClN2O2/c8-3-1-2-5-6(11)9-4-10-7(5)12/h4H,3H2,(H2,9,10,11,12). The quantitative estimate of drug-likeness (QED) is 0.443. The van der Waals surface area contributed by atoms with Crippen LogP contribution in [0.4, 0.5) is 0 Å². The Morgan fingerprint density at radius 2 is 2.50 bits per heavy atom. The van der Waals surface area contributed by atoms with Crippen molar-refractivity contribution in [3.63, 3.8) is 0 Å². The zero-order valence-corrected chi connectivity index (χ0v) is 6.72. The van der Waals surface area contributed by atoms with E-state index in [1.807, 2.05) is 0 Å². The Bertz CT molecular complexity index is 388. The van der Waals surface area contributed by atoms with Crippen LogP contribution in [0.15, 0.2) is 11.1 Å². The number of aromatic amines is 1. The number of nitrogens with one attached hydrogen (secondary N) is 1. The zero-order valence-electron chi connectivity index (χ0n) is 5.97. The van der Waals surface area contributed by atoms with Crippen LogP contribution in [0, 0.1) is 11.8 Å². The molecular weight excluding hydrogens is 180 g/mol. The Hall–Kier alpha value is -1.47. The predicted molar refractivity (Wildman–Crippen MR) is 44.1 cm³/mol. The maximum absolute atomic E-state index is 10.9. The maximum atomic E-state index is 10.9. The van der Waals surface area contributed by atoms with Gasteiger partial charge < -0.3 is 10.1 Å². The van der Waals surface area contributed by atoms with Gasteiger partial charge in [-0.05, 0) is 0 Å². The number of hydrogen-bond donors (Lipinski definition) is 2. The average Bonchev–Trinajstić information content (AvgIpc) is 2.04. The molecule has 0 unspecified atom stereocenters. The Labute approximate surface area is 73.2 Å². The zero-order chi connectivity index (χ0) is 8.97. The van der Waals surface area contributed by atoms with Crippen molar-refractivity contribution >= 4 is 11.6 Å². The number of H-pyrrole nitrogens is 1. The first-order chi connectivity index (χ1) is 5.75. The Balaban J connectivity index is 3.22. The molecule has 1 heterocycles. The molecule has 2 N–H and O–H groups in total. The molecule has 12 heavy (non-hydrogen) atoms. The molecule has 0 aromatic carbocycles. The van der Waals surface area contributed by atoms with Crippen molar-refractivity contribution in [2.75, 3.05) is 5.88 Å². The average molecular weight is 185 g/mol. The van der Waals surface area contributed by atoms with Gasteiger partial charge in [0.05, 0.1) is 12.2 Å². The van der Waals surface area contributed by atoms with Gasteiger partial charge in [-0.3, -0.25) is 4.79 Å². The second-order valence-electron chi connectivity index (χ2n) is 1.87. The minimum atomic E-state index is -0.472. The van der Waals surface area contributed by atoms with E-state index in [9.17, 15) is 4.79 Å². The van der Waals surface area contributed by atoms with Gasteiger partial charge in [0.15, 0.2) is 5.56 Å². The van der Waals surface area contributed by atoms with Crippen molar-refractivity contribution in [1.29, 1.82) is 0 Å². The fraction of sp³-hybridized carbons (Fsp3) is 0.143. The SMILES string of the molecule is O=c1[nH]cnc(O)c1C#CCCl. The van der Waals surface area contributed by atoms with E-state index in [4.69, 9.17) is 16.7 Å². The van der Waals surface area contributed by atoms with E-state index in [-0.39, 0.29) is 17.3 Å². The molecule has 1 rings (SSSR count). The summed E-state index contributed by atoms with van der Waals surface area (Å²) in [6, 6.07) is 0. The number of rotatable bonds is 0. The topological polar surface area (TPSA) is 66.0 Å². The van der Waals surface area contributed by atoms with Crippen molar-refractivity contribution in [1.82, 2.24) is 9.97 Å². The second kappa shape index (κ2) is 3.79. The van der Waals surface area contributed by atoms with Crippen LogP contribution in [-0.4, -0.2) is 21.0 Å². The van der Waals surface area contributed by atoms with Gasteiger partial charge in [0, 0.05) is 0 Å². The summed E-state index contributed by atoms with van der Waals surface area (Å²) in [7, 11) is 0. The summed E-state index contributed by atoms with van der Waals surface area (Å²) in [5.74, 6) is 4.56. The summed E-state index contributed by atoms with van der Waals surface area (Å²) >= 11 is 5.27. The van der Waals surface area contributed by atoms with Gasteiger partial charge in [-0.25, -0.2) is 4.98 Å². The number of alkyl halides is 1. The molecule has 0 aliphatic rings. The Morgan fingerprint density at radius 3 is 3.08 bits per heavy atom. The number of halogens is 1. The highest BCUT2D eigenvalue weighted by Crippen LogP contribution is 2.02. The third-order valence-electron chi connectivity index (χ3n) is 1.11. The van der Waals surface area contributed by atoms with E-state index in [0.29, 0.717) is 0 Å². The van der Waals surface area contributed by atoms with Crippen molar-refractivity contribution in [2.45, 2.75) is 0 Å². The van der Waals surface area contributed by atoms with Gasteiger partial charge in [0.2, 0.25) is 5.88 Å². The number of aromatic nitrogens is 2. The first-order valence-corrected chi connectivity index (χ1v) is 3.60. The van der Waals surface area contributed by atoms with Crippen LogP contribution < -0.4 is 5.56 Å². The monoisotopic (exact) mass is 184 g/mol. The fourth-order valence-corrected chi connectivity index (χ4v) is 0.692. The van der Waals surface area contributed by atoms with Crippen molar-refractivity contribution < 1.29 is 5.11 Å². The predicted octanol–water partition coefficient (Wildman–Crippen LogP) is 0.0658. The maximum Gasteiger partial charge on any atom is 0.270 e. The summed E-state index contributed by atoms with van der Waals surface area (Å²) < 4.78 is 0. The Kier molecular flexibility index (Phi) is 2.72. The lowest BCUT2D eigenvalue weighted by atomic mass is 10.3. The molecule has 0 aliphatic carbocycles. The van der Waals surface area contributed by atoms with E-state index >= 15 is 0 Å². The fourth-order valence-electron chi connectivity index (χ4n) is 0.625.